The Morgan fingerprint density at radius 2 is 1.56 bits per heavy atom. The SMILES string of the molecule is CC(=O)N1CCC(C(=O)N2CC[C@@H](N(C)C(=O)c3ccc(F)c(C(F)(F)F)c3)[C@H](c3ccc(Cl)cc3)C2)CC1. The number of benzene rings is 2. The van der Waals surface area contributed by atoms with Gasteiger partial charge in [-0.2, -0.15) is 13.2 Å². The average Bonchev–Trinajstić information content (AvgIpc) is 2.91. The van der Waals surface area contributed by atoms with Gasteiger partial charge in [-0.3, -0.25) is 14.4 Å². The van der Waals surface area contributed by atoms with Crippen LogP contribution in [-0.4, -0.2) is 71.7 Å². The molecule has 2 aromatic rings. The van der Waals surface area contributed by atoms with E-state index in [1.54, 1.807) is 21.9 Å². The maximum Gasteiger partial charge on any atom is 0.419 e. The van der Waals surface area contributed by atoms with Gasteiger partial charge in [0.25, 0.3) is 5.91 Å². The number of rotatable bonds is 4. The monoisotopic (exact) mass is 567 g/mol. The van der Waals surface area contributed by atoms with Crippen molar-refractivity contribution in [3.05, 3.63) is 70.0 Å². The van der Waals surface area contributed by atoms with Crippen LogP contribution in [0.15, 0.2) is 42.5 Å². The number of likely N-dealkylation sites (N-methyl/N-ethyl adjacent to an activating group) is 1. The molecule has 2 aliphatic rings. The van der Waals surface area contributed by atoms with E-state index in [1.165, 1.54) is 18.9 Å². The lowest BCUT2D eigenvalue weighted by Gasteiger charge is -2.44. The Balaban J connectivity index is 1.56. The number of halogens is 5. The summed E-state index contributed by atoms with van der Waals surface area (Å²) in [4.78, 5) is 43.3. The van der Waals surface area contributed by atoms with Gasteiger partial charge in [0.15, 0.2) is 0 Å². The fourth-order valence-electron chi connectivity index (χ4n) is 5.57. The molecule has 0 spiro atoms. The third kappa shape index (κ3) is 6.37. The summed E-state index contributed by atoms with van der Waals surface area (Å²) >= 11 is 6.08. The van der Waals surface area contributed by atoms with E-state index in [1.807, 2.05) is 12.1 Å². The fourth-order valence-corrected chi connectivity index (χ4v) is 5.70. The highest BCUT2D eigenvalue weighted by atomic mass is 35.5. The molecule has 0 radical (unpaired) electrons. The molecule has 2 aliphatic heterocycles. The van der Waals surface area contributed by atoms with Crippen LogP contribution in [0.3, 0.4) is 0 Å². The third-order valence-corrected chi connectivity index (χ3v) is 8.06. The molecule has 11 heteroatoms. The number of alkyl halides is 3. The molecule has 0 aromatic heterocycles. The van der Waals surface area contributed by atoms with Crippen LogP contribution in [0.5, 0.6) is 0 Å². The number of nitrogens with zero attached hydrogens (tertiary/aromatic N) is 3. The van der Waals surface area contributed by atoms with E-state index in [4.69, 9.17) is 11.6 Å². The normalized spacial score (nSPS) is 20.6. The number of carbonyl (C=O) groups excluding carboxylic acids is 3. The number of carbonyl (C=O) groups is 3. The summed E-state index contributed by atoms with van der Waals surface area (Å²) < 4.78 is 53.6. The van der Waals surface area contributed by atoms with Crippen molar-refractivity contribution in [3.8, 4) is 0 Å². The number of hydrogen-bond acceptors (Lipinski definition) is 3. The van der Waals surface area contributed by atoms with Crippen LogP contribution >= 0.6 is 11.6 Å². The van der Waals surface area contributed by atoms with Crippen molar-refractivity contribution in [2.75, 3.05) is 33.2 Å². The molecule has 2 heterocycles. The largest absolute Gasteiger partial charge is 0.419 e. The van der Waals surface area contributed by atoms with Crippen LogP contribution < -0.4 is 0 Å². The van der Waals surface area contributed by atoms with E-state index >= 15 is 0 Å². The van der Waals surface area contributed by atoms with Gasteiger partial charge in [-0.1, -0.05) is 23.7 Å². The van der Waals surface area contributed by atoms with E-state index < -0.39 is 29.5 Å². The van der Waals surface area contributed by atoms with Crippen molar-refractivity contribution < 1.29 is 31.9 Å². The van der Waals surface area contributed by atoms with E-state index in [-0.39, 0.29) is 29.2 Å². The molecular weight excluding hydrogens is 538 g/mol. The summed E-state index contributed by atoms with van der Waals surface area (Å²) in [6.07, 6.45) is -3.37. The Morgan fingerprint density at radius 3 is 2.15 bits per heavy atom. The van der Waals surface area contributed by atoms with E-state index in [9.17, 15) is 31.9 Å². The van der Waals surface area contributed by atoms with Crippen LogP contribution in [-0.2, 0) is 15.8 Å². The van der Waals surface area contributed by atoms with Crippen molar-refractivity contribution >= 4 is 29.3 Å². The minimum Gasteiger partial charge on any atom is -0.343 e. The third-order valence-electron chi connectivity index (χ3n) is 7.81. The fraction of sp³-hybridized carbons (Fsp3) is 0.464. The van der Waals surface area contributed by atoms with Crippen LogP contribution in [0.25, 0.3) is 0 Å². The van der Waals surface area contributed by atoms with Crippen LogP contribution in [0, 0.1) is 11.7 Å². The lowest BCUT2D eigenvalue weighted by Crippen LogP contribution is -2.53. The molecule has 39 heavy (non-hydrogen) atoms. The molecule has 0 saturated carbocycles. The minimum atomic E-state index is -4.93. The zero-order chi connectivity index (χ0) is 28.5. The molecule has 0 N–H and O–H groups in total. The summed E-state index contributed by atoms with van der Waals surface area (Å²) in [7, 11) is 1.52. The van der Waals surface area contributed by atoms with Gasteiger partial charge in [0.05, 0.1) is 5.56 Å². The first-order chi connectivity index (χ1) is 18.4. The highest BCUT2D eigenvalue weighted by molar-refractivity contribution is 6.30. The van der Waals surface area contributed by atoms with Gasteiger partial charge < -0.3 is 14.7 Å². The molecule has 2 aromatic carbocycles. The van der Waals surface area contributed by atoms with Crippen LogP contribution in [0.1, 0.15) is 53.6 Å². The Labute approximate surface area is 229 Å². The average molecular weight is 568 g/mol. The summed E-state index contributed by atoms with van der Waals surface area (Å²) in [6, 6.07) is 8.87. The summed E-state index contributed by atoms with van der Waals surface area (Å²) in [5.74, 6) is -2.66. The Bertz CT molecular complexity index is 1230. The zero-order valence-electron chi connectivity index (χ0n) is 21.7. The highest BCUT2D eigenvalue weighted by Crippen LogP contribution is 2.35. The Morgan fingerprint density at radius 1 is 0.949 bits per heavy atom. The maximum atomic E-state index is 13.8. The topological polar surface area (TPSA) is 60.9 Å². The summed E-state index contributed by atoms with van der Waals surface area (Å²) in [5.41, 5.74) is -0.924. The second-order valence-electron chi connectivity index (χ2n) is 10.2. The molecule has 0 bridgehead atoms. The van der Waals surface area contributed by atoms with Crippen molar-refractivity contribution in [2.24, 2.45) is 5.92 Å². The lowest BCUT2D eigenvalue weighted by molar-refractivity contribution is -0.141. The van der Waals surface area contributed by atoms with Crippen molar-refractivity contribution in [1.29, 1.82) is 0 Å². The second kappa shape index (κ2) is 11.5. The van der Waals surface area contributed by atoms with E-state index in [2.05, 4.69) is 0 Å². The number of hydrogen-bond donors (Lipinski definition) is 0. The molecule has 0 aliphatic carbocycles. The highest BCUT2D eigenvalue weighted by Gasteiger charge is 2.40. The first-order valence-electron chi connectivity index (χ1n) is 12.8. The van der Waals surface area contributed by atoms with Gasteiger partial charge >= 0.3 is 6.18 Å². The molecule has 3 amide bonds. The zero-order valence-corrected chi connectivity index (χ0v) is 22.4. The molecule has 2 fully saturated rings. The van der Waals surface area contributed by atoms with Crippen LogP contribution in [0.2, 0.25) is 5.02 Å². The minimum absolute atomic E-state index is 0.00190. The van der Waals surface area contributed by atoms with Gasteiger partial charge in [-0.15, -0.1) is 0 Å². The predicted octanol–water partition coefficient (Wildman–Crippen LogP) is 5.21. The standard InChI is InChI=1S/C28H30ClF4N3O3/c1-17(37)35-12-9-19(10-13-35)27(39)36-14-11-25(22(16-36)18-3-6-21(29)7-4-18)34(2)26(38)20-5-8-24(30)23(15-20)28(31,32)33/h3-8,15,19,22,25H,9-14,16H2,1-2H3/t22-,25+/m0/s1. The number of likely N-dealkylation sites (tertiary alicyclic amines) is 2. The first kappa shape index (κ1) is 28.9. The number of amides is 3. The summed E-state index contributed by atoms with van der Waals surface area (Å²) in [5, 5.41) is 0.520. The quantitative estimate of drug-likeness (QED) is 0.477. The Kier molecular flexibility index (Phi) is 8.54. The Hall–Kier alpha value is -3.14. The number of piperidine rings is 2. The lowest BCUT2D eigenvalue weighted by atomic mass is 9.83. The van der Waals surface area contributed by atoms with Gasteiger partial charge in [-0.05, 0) is 55.2 Å². The summed E-state index contributed by atoms with van der Waals surface area (Å²) in [6.45, 7) is 3.24. The van der Waals surface area contributed by atoms with Gasteiger partial charge in [0, 0.05) is 68.6 Å². The second-order valence-corrected chi connectivity index (χ2v) is 10.6. The van der Waals surface area contributed by atoms with Gasteiger partial charge in [-0.25, -0.2) is 4.39 Å². The van der Waals surface area contributed by atoms with Crippen molar-refractivity contribution in [3.63, 3.8) is 0 Å². The van der Waals surface area contributed by atoms with E-state index in [0.29, 0.717) is 62.6 Å². The van der Waals surface area contributed by atoms with Crippen molar-refractivity contribution in [2.45, 2.75) is 44.3 Å². The molecule has 210 valence electrons. The maximum absolute atomic E-state index is 13.8. The molecule has 0 unspecified atom stereocenters. The van der Waals surface area contributed by atoms with Gasteiger partial charge in [0.2, 0.25) is 11.8 Å². The smallest absolute Gasteiger partial charge is 0.343 e. The first-order valence-corrected chi connectivity index (χ1v) is 13.2. The van der Waals surface area contributed by atoms with Crippen LogP contribution in [0.4, 0.5) is 17.6 Å². The molecular formula is C28H30ClF4N3O3. The molecule has 4 rings (SSSR count). The molecule has 6 nitrogen and oxygen atoms in total. The van der Waals surface area contributed by atoms with Gasteiger partial charge in [0.1, 0.15) is 5.82 Å². The van der Waals surface area contributed by atoms with E-state index in [0.717, 1.165) is 11.6 Å². The predicted molar refractivity (Wildman–Crippen MR) is 138 cm³/mol. The van der Waals surface area contributed by atoms with Crippen molar-refractivity contribution in [1.82, 2.24) is 14.7 Å². The molecule has 2 atom stereocenters. The molecule has 2 saturated heterocycles.